The third-order valence-corrected chi connectivity index (χ3v) is 10.4. The minimum atomic E-state index is -3.92. The molecule has 0 unspecified atom stereocenters. The van der Waals surface area contributed by atoms with Crippen molar-refractivity contribution in [2.24, 2.45) is 5.92 Å². The van der Waals surface area contributed by atoms with Gasteiger partial charge in [-0.15, -0.1) is 0 Å². The van der Waals surface area contributed by atoms with Crippen LogP contribution in [0.3, 0.4) is 0 Å². The Labute approximate surface area is 225 Å². The zero-order chi connectivity index (χ0) is 27.2. The van der Waals surface area contributed by atoms with E-state index in [4.69, 9.17) is 4.74 Å². The Kier molecular flexibility index (Phi) is 7.43. The van der Waals surface area contributed by atoms with Gasteiger partial charge in [0, 0.05) is 51.5 Å². The number of fused-ring (bicyclic) bond motifs is 3. The van der Waals surface area contributed by atoms with E-state index in [1.54, 1.807) is 19.1 Å². The highest BCUT2D eigenvalue weighted by Crippen LogP contribution is 2.43. The monoisotopic (exact) mass is 542 g/mol. The Morgan fingerprint density at radius 3 is 2.37 bits per heavy atom. The zero-order valence-corrected chi connectivity index (χ0v) is 23.4. The van der Waals surface area contributed by atoms with Crippen molar-refractivity contribution >= 4 is 21.6 Å². The van der Waals surface area contributed by atoms with Gasteiger partial charge in [-0.2, -0.15) is 4.31 Å². The minimum absolute atomic E-state index is 0.126. The Bertz CT molecular complexity index is 1270. The molecule has 38 heavy (non-hydrogen) atoms. The second kappa shape index (κ2) is 10.5. The van der Waals surface area contributed by atoms with Gasteiger partial charge in [-0.1, -0.05) is 6.07 Å². The fourth-order valence-electron chi connectivity index (χ4n) is 6.19. The second-order valence-electron chi connectivity index (χ2n) is 10.7. The van der Waals surface area contributed by atoms with E-state index < -0.39 is 28.1 Å². The summed E-state index contributed by atoms with van der Waals surface area (Å²) >= 11 is 0. The lowest BCUT2D eigenvalue weighted by molar-refractivity contribution is -0.150. The van der Waals surface area contributed by atoms with E-state index in [2.05, 4.69) is 35.0 Å². The van der Waals surface area contributed by atoms with Crippen molar-refractivity contribution in [1.29, 1.82) is 0 Å². The molecule has 3 aliphatic rings. The number of aliphatic hydroxyl groups excluding tert-OH is 1. The molecule has 0 radical (unpaired) electrons. The van der Waals surface area contributed by atoms with E-state index >= 15 is 0 Å². The van der Waals surface area contributed by atoms with Crippen molar-refractivity contribution in [2.45, 2.75) is 42.8 Å². The van der Waals surface area contributed by atoms with Crippen LogP contribution in [0.15, 0.2) is 47.4 Å². The van der Waals surface area contributed by atoms with Gasteiger partial charge in [-0.3, -0.25) is 4.79 Å². The zero-order valence-electron chi connectivity index (χ0n) is 22.6. The summed E-state index contributed by atoms with van der Waals surface area (Å²) in [6.45, 7) is 6.02. The smallest absolute Gasteiger partial charge is 0.243 e. The van der Waals surface area contributed by atoms with Crippen LogP contribution < -0.4 is 9.64 Å². The highest BCUT2D eigenvalue weighted by atomic mass is 32.2. The normalized spacial score (nSPS) is 25.2. The van der Waals surface area contributed by atoms with Gasteiger partial charge in [0.2, 0.25) is 15.9 Å². The van der Waals surface area contributed by atoms with Crippen LogP contribution in [-0.2, 0) is 21.2 Å². The van der Waals surface area contributed by atoms with Crippen LogP contribution in [0.25, 0.3) is 0 Å². The molecule has 10 heteroatoms. The molecule has 0 bridgehead atoms. The molecule has 1 N–H and O–H groups in total. The van der Waals surface area contributed by atoms with Crippen LogP contribution in [0.4, 0.5) is 5.69 Å². The average Bonchev–Trinajstić information content (AvgIpc) is 2.92. The number of hydrogen-bond donors (Lipinski definition) is 1. The summed E-state index contributed by atoms with van der Waals surface area (Å²) in [5, 5.41) is 10.7. The number of hydrogen-bond acceptors (Lipinski definition) is 7. The molecule has 0 spiro atoms. The predicted octanol–water partition coefficient (Wildman–Crippen LogP) is 1.96. The van der Waals surface area contributed by atoms with E-state index in [-0.39, 0.29) is 16.8 Å². The lowest BCUT2D eigenvalue weighted by atomic mass is 9.78. The molecule has 206 valence electrons. The number of methoxy groups -OCH3 is 1. The number of benzene rings is 2. The van der Waals surface area contributed by atoms with Gasteiger partial charge in [0.15, 0.2) is 0 Å². The summed E-state index contributed by atoms with van der Waals surface area (Å²) in [6, 6.07) is 11.8. The summed E-state index contributed by atoms with van der Waals surface area (Å²) in [6.07, 6.45) is 0.185. The highest BCUT2D eigenvalue weighted by molar-refractivity contribution is 7.89. The van der Waals surface area contributed by atoms with Crippen molar-refractivity contribution in [3.8, 4) is 5.75 Å². The number of piperidine rings is 1. The molecule has 2 saturated heterocycles. The van der Waals surface area contributed by atoms with Crippen LogP contribution in [0.1, 0.15) is 30.5 Å². The molecule has 0 aliphatic carbocycles. The summed E-state index contributed by atoms with van der Waals surface area (Å²) in [4.78, 5) is 20.5. The Balaban J connectivity index is 1.49. The Morgan fingerprint density at radius 1 is 1.05 bits per heavy atom. The van der Waals surface area contributed by atoms with Crippen LogP contribution in [0.2, 0.25) is 0 Å². The Hall–Kier alpha value is -2.66. The fraction of sp³-hybridized carbons (Fsp3) is 0.536. The van der Waals surface area contributed by atoms with Crippen LogP contribution in [-0.4, -0.2) is 99.6 Å². The van der Waals surface area contributed by atoms with E-state index in [0.717, 1.165) is 43.9 Å². The van der Waals surface area contributed by atoms with Gasteiger partial charge in [-0.05, 0) is 74.3 Å². The average molecular weight is 543 g/mol. The summed E-state index contributed by atoms with van der Waals surface area (Å²) in [5.41, 5.74) is 3.43. The SMILES string of the molecule is COc1ccc(S(=O)(=O)N(C)[C@H]2C[C@H]3c4cc(N5CCN(C)CC5)ccc4CCN3C(=O)[C@H]2[C@H](C)O)cc1. The maximum absolute atomic E-state index is 13.8. The van der Waals surface area contributed by atoms with Gasteiger partial charge in [0.05, 0.1) is 30.1 Å². The van der Waals surface area contributed by atoms with Gasteiger partial charge < -0.3 is 24.5 Å². The summed E-state index contributed by atoms with van der Waals surface area (Å²) in [7, 11) is 1.26. The first-order chi connectivity index (χ1) is 18.1. The van der Waals surface area contributed by atoms with Crippen molar-refractivity contribution in [3.05, 3.63) is 53.6 Å². The van der Waals surface area contributed by atoms with Crippen LogP contribution in [0.5, 0.6) is 5.75 Å². The largest absolute Gasteiger partial charge is 0.497 e. The van der Waals surface area contributed by atoms with Crippen LogP contribution >= 0.6 is 0 Å². The molecule has 5 rings (SSSR count). The molecule has 3 heterocycles. The number of ether oxygens (including phenoxy) is 1. The standard InChI is InChI=1S/C28H38N4O5S/c1-19(33)27-26(30(3)38(35,36)23-9-7-22(37-4)8-10-23)18-25-24-17-21(31-15-13-29(2)14-16-31)6-5-20(24)11-12-32(25)28(27)34/h5-10,17,19,25-27,33H,11-16,18H2,1-4H3/t19-,25-,26-,27-/m0/s1. The first kappa shape index (κ1) is 26.9. The molecule has 3 aliphatic heterocycles. The number of aliphatic hydroxyl groups is 1. The number of carbonyl (C=O) groups is 1. The number of likely N-dealkylation sites (N-methyl/N-ethyl adjacent to an activating group) is 1. The lowest BCUT2D eigenvalue weighted by Crippen LogP contribution is -2.59. The third-order valence-electron chi connectivity index (χ3n) is 8.53. The molecule has 4 atom stereocenters. The number of sulfonamides is 1. The van der Waals surface area contributed by atoms with E-state index in [1.165, 1.54) is 36.2 Å². The Morgan fingerprint density at radius 2 is 1.74 bits per heavy atom. The number of rotatable bonds is 6. The van der Waals surface area contributed by atoms with Crippen LogP contribution in [0, 0.1) is 5.92 Å². The highest BCUT2D eigenvalue weighted by Gasteiger charge is 2.49. The third kappa shape index (κ3) is 4.79. The second-order valence-corrected chi connectivity index (χ2v) is 12.7. The van der Waals surface area contributed by atoms with Gasteiger partial charge in [0.1, 0.15) is 5.75 Å². The van der Waals surface area contributed by atoms with Crippen molar-refractivity contribution in [3.63, 3.8) is 0 Å². The molecule has 2 aromatic carbocycles. The number of carbonyl (C=O) groups excluding carboxylic acids is 1. The quantitative estimate of drug-likeness (QED) is 0.597. The summed E-state index contributed by atoms with van der Waals surface area (Å²) < 4.78 is 33.8. The predicted molar refractivity (Wildman–Crippen MR) is 146 cm³/mol. The maximum atomic E-state index is 13.8. The van der Waals surface area contributed by atoms with Crippen molar-refractivity contribution in [2.75, 3.05) is 58.8 Å². The molecule has 0 aromatic heterocycles. The molecule has 2 fully saturated rings. The van der Waals surface area contributed by atoms with Gasteiger partial charge in [-0.25, -0.2) is 8.42 Å². The topological polar surface area (TPSA) is 93.6 Å². The number of nitrogens with zero attached hydrogens (tertiary/aromatic N) is 4. The van der Waals surface area contributed by atoms with Gasteiger partial charge >= 0.3 is 0 Å². The summed E-state index contributed by atoms with van der Waals surface area (Å²) in [5.74, 6) is -0.466. The molecule has 9 nitrogen and oxygen atoms in total. The molecule has 2 aromatic rings. The number of anilines is 1. The molecular weight excluding hydrogens is 504 g/mol. The molecular formula is C28H38N4O5S. The lowest BCUT2D eigenvalue weighted by Gasteiger charge is -2.49. The van der Waals surface area contributed by atoms with Crippen molar-refractivity contribution < 1.29 is 23.1 Å². The van der Waals surface area contributed by atoms with E-state index in [1.807, 2.05) is 4.90 Å². The van der Waals surface area contributed by atoms with E-state index in [0.29, 0.717) is 18.7 Å². The molecule has 0 saturated carbocycles. The number of piperazine rings is 1. The molecule has 1 amide bonds. The van der Waals surface area contributed by atoms with Crippen molar-refractivity contribution in [1.82, 2.24) is 14.1 Å². The minimum Gasteiger partial charge on any atom is -0.497 e. The maximum Gasteiger partial charge on any atom is 0.243 e. The van der Waals surface area contributed by atoms with Gasteiger partial charge in [0.25, 0.3) is 0 Å². The first-order valence-corrected chi connectivity index (χ1v) is 14.7. The first-order valence-electron chi connectivity index (χ1n) is 13.3. The fourth-order valence-corrected chi connectivity index (χ4v) is 7.58. The van der Waals surface area contributed by atoms with E-state index in [9.17, 15) is 18.3 Å². The number of amides is 1.